The van der Waals surface area contributed by atoms with Crippen LogP contribution < -0.4 is 0 Å². The first-order valence-electron chi connectivity index (χ1n) is 18.7. The lowest BCUT2D eigenvalue weighted by Crippen LogP contribution is -2.59. The number of rotatable bonds is 11. The topological polar surface area (TPSA) is 182 Å². The SMILES string of the molecule is CC(=O)N1CCC(OC2CC(OC([O])(OC3CCN(C)C3)C3CCCN3C(C)=O)CCN2C(=O)C(C)O)CC1OC1CCN(C(=O)C(C)O)CC1. The van der Waals surface area contributed by atoms with Crippen molar-refractivity contribution in [2.45, 2.75) is 147 Å². The van der Waals surface area contributed by atoms with Crippen LogP contribution in [-0.2, 0) is 43.2 Å². The van der Waals surface area contributed by atoms with Gasteiger partial charge in [-0.2, -0.15) is 5.11 Å². The van der Waals surface area contributed by atoms with E-state index in [-0.39, 0.29) is 42.9 Å². The van der Waals surface area contributed by atoms with Crippen molar-refractivity contribution >= 4 is 23.6 Å². The van der Waals surface area contributed by atoms with Crippen molar-refractivity contribution in [1.29, 1.82) is 0 Å². The van der Waals surface area contributed by atoms with E-state index >= 15 is 0 Å². The van der Waals surface area contributed by atoms with E-state index in [1.54, 1.807) is 14.7 Å². The van der Waals surface area contributed by atoms with E-state index in [9.17, 15) is 34.5 Å². The van der Waals surface area contributed by atoms with E-state index in [0.717, 1.165) is 6.54 Å². The van der Waals surface area contributed by atoms with Gasteiger partial charge in [0.05, 0.1) is 24.4 Å². The summed E-state index contributed by atoms with van der Waals surface area (Å²) in [6.45, 7) is 9.04. The zero-order valence-corrected chi connectivity index (χ0v) is 30.8. The predicted molar refractivity (Wildman–Crippen MR) is 180 cm³/mol. The number of likely N-dealkylation sites (N-methyl/N-ethyl adjacent to an activating group) is 1. The van der Waals surface area contributed by atoms with Gasteiger partial charge in [0.15, 0.2) is 0 Å². The van der Waals surface area contributed by atoms with Crippen LogP contribution in [0.5, 0.6) is 0 Å². The number of carbonyl (C=O) groups excluding carboxylic acids is 4. The summed E-state index contributed by atoms with van der Waals surface area (Å²) < 4.78 is 25.7. The Morgan fingerprint density at radius 3 is 1.78 bits per heavy atom. The fourth-order valence-electron chi connectivity index (χ4n) is 8.21. The van der Waals surface area contributed by atoms with Gasteiger partial charge in [0.1, 0.15) is 30.7 Å². The Hall–Kier alpha value is -2.44. The van der Waals surface area contributed by atoms with Gasteiger partial charge in [0.2, 0.25) is 11.8 Å². The lowest BCUT2D eigenvalue weighted by molar-refractivity contribution is -0.432. The van der Waals surface area contributed by atoms with Crippen LogP contribution in [0.2, 0.25) is 0 Å². The largest absolute Gasteiger partial charge is 0.384 e. The molecule has 9 atom stereocenters. The van der Waals surface area contributed by atoms with Crippen molar-refractivity contribution in [3.63, 3.8) is 0 Å². The molecule has 5 aliphatic heterocycles. The third-order valence-electron chi connectivity index (χ3n) is 10.9. The van der Waals surface area contributed by atoms with Crippen molar-refractivity contribution in [2.24, 2.45) is 0 Å². The zero-order valence-electron chi connectivity index (χ0n) is 30.8. The number of likely N-dealkylation sites (tertiary alicyclic amines) is 5. The summed E-state index contributed by atoms with van der Waals surface area (Å²) in [5.41, 5.74) is 0. The molecule has 1 radical (unpaired) electrons. The number of ether oxygens (including phenoxy) is 4. The minimum Gasteiger partial charge on any atom is -0.384 e. The molecule has 0 aromatic heterocycles. The number of piperidine rings is 3. The first kappa shape index (κ1) is 39.8. The molecule has 5 fully saturated rings. The molecule has 16 heteroatoms. The van der Waals surface area contributed by atoms with Crippen LogP contribution >= 0.6 is 0 Å². The van der Waals surface area contributed by atoms with Crippen molar-refractivity contribution in [3.8, 4) is 0 Å². The lowest BCUT2D eigenvalue weighted by atomic mass is 10.0. The number of aliphatic hydroxyl groups excluding tert-OH is 2. The Morgan fingerprint density at radius 2 is 1.18 bits per heavy atom. The van der Waals surface area contributed by atoms with Crippen molar-refractivity contribution < 1.29 is 53.4 Å². The Morgan fingerprint density at radius 1 is 0.647 bits per heavy atom. The number of nitrogens with zero attached hydrogens (tertiary/aromatic N) is 5. The predicted octanol–water partition coefficient (Wildman–Crippen LogP) is 0.259. The second-order valence-electron chi connectivity index (χ2n) is 15.0. The summed E-state index contributed by atoms with van der Waals surface area (Å²) in [4.78, 5) is 59.1. The van der Waals surface area contributed by atoms with Gasteiger partial charge in [-0.3, -0.25) is 19.2 Å². The monoisotopic (exact) mass is 724 g/mol. The van der Waals surface area contributed by atoms with Gasteiger partial charge in [-0.1, -0.05) is 0 Å². The Kier molecular flexibility index (Phi) is 13.4. The fourth-order valence-corrected chi connectivity index (χ4v) is 8.21. The maximum atomic E-state index is 14.7. The molecule has 5 rings (SSSR count). The van der Waals surface area contributed by atoms with E-state index in [1.807, 2.05) is 7.05 Å². The van der Waals surface area contributed by atoms with Crippen LogP contribution in [0, 0.1) is 0 Å². The van der Waals surface area contributed by atoms with Crippen LogP contribution in [0.3, 0.4) is 0 Å². The smallest absolute Gasteiger partial charge is 0.333 e. The maximum Gasteiger partial charge on any atom is 0.333 e. The van der Waals surface area contributed by atoms with E-state index in [0.29, 0.717) is 84.1 Å². The molecule has 0 aromatic carbocycles. The molecule has 5 saturated heterocycles. The molecule has 0 saturated carbocycles. The molecular formula is C35H58N5O11. The molecule has 0 aromatic rings. The highest BCUT2D eigenvalue weighted by Crippen LogP contribution is 2.37. The van der Waals surface area contributed by atoms with E-state index in [2.05, 4.69) is 4.90 Å². The van der Waals surface area contributed by atoms with Crippen LogP contribution in [0.1, 0.15) is 85.5 Å². The first-order valence-corrected chi connectivity index (χ1v) is 18.7. The molecule has 0 bridgehead atoms. The van der Waals surface area contributed by atoms with Gasteiger partial charge in [-0.15, -0.1) is 0 Å². The Balaban J connectivity index is 1.28. The fraction of sp³-hybridized carbons (Fsp3) is 0.886. The van der Waals surface area contributed by atoms with E-state index in [1.165, 1.54) is 32.6 Å². The molecule has 9 unspecified atom stereocenters. The molecular weight excluding hydrogens is 666 g/mol. The van der Waals surface area contributed by atoms with Crippen molar-refractivity contribution in [3.05, 3.63) is 0 Å². The second kappa shape index (κ2) is 17.1. The minimum atomic E-state index is -2.31. The third-order valence-corrected chi connectivity index (χ3v) is 10.9. The molecule has 2 N–H and O–H groups in total. The Labute approximate surface area is 300 Å². The summed E-state index contributed by atoms with van der Waals surface area (Å²) in [7, 11) is 1.96. The normalized spacial score (nSPS) is 32.2. The Bertz CT molecular complexity index is 1230. The molecule has 5 heterocycles. The van der Waals surface area contributed by atoms with Gasteiger partial charge in [-0.05, 0) is 65.8 Å². The number of hydrogen-bond acceptors (Lipinski definition) is 11. The summed E-state index contributed by atoms with van der Waals surface area (Å²) in [6, 6.07) is -0.803. The summed E-state index contributed by atoms with van der Waals surface area (Å²) in [5, 5.41) is 34.6. The van der Waals surface area contributed by atoms with Gasteiger partial charge in [0.25, 0.3) is 11.8 Å². The average Bonchev–Trinajstić information content (AvgIpc) is 3.74. The molecule has 51 heavy (non-hydrogen) atoms. The standard InChI is InChI=1S/C35H58N5O11/c1-22(41)33(45)37-15-9-26(10-16-37)48-31-19-27(11-17-39(31)25(4)44)49-32-20-28(12-18-40(32)34(46)23(2)42)50-35(47,51-29-8-14-36(5)21-29)30-7-6-13-38(30)24(3)43/h22-23,26-32,41-42H,6-21H2,1-5H3. The average molecular weight is 725 g/mol. The molecule has 16 nitrogen and oxygen atoms in total. The number of amides is 4. The van der Waals surface area contributed by atoms with Gasteiger partial charge in [-0.25, -0.2) is 0 Å². The second-order valence-corrected chi connectivity index (χ2v) is 15.0. The van der Waals surface area contributed by atoms with Gasteiger partial charge < -0.3 is 53.7 Å². The third kappa shape index (κ3) is 9.76. The molecule has 289 valence electrons. The van der Waals surface area contributed by atoms with Crippen LogP contribution in [-0.4, -0.2) is 172 Å². The summed E-state index contributed by atoms with van der Waals surface area (Å²) in [5.74, 6) is -3.47. The van der Waals surface area contributed by atoms with Gasteiger partial charge in [0, 0.05) is 72.5 Å². The molecule has 0 aliphatic carbocycles. The van der Waals surface area contributed by atoms with E-state index in [4.69, 9.17) is 18.9 Å². The van der Waals surface area contributed by atoms with Crippen LogP contribution in [0.15, 0.2) is 0 Å². The van der Waals surface area contributed by atoms with Crippen LogP contribution in [0.25, 0.3) is 0 Å². The lowest BCUT2D eigenvalue weighted by Gasteiger charge is -2.46. The highest BCUT2D eigenvalue weighted by molar-refractivity contribution is 5.81. The highest BCUT2D eigenvalue weighted by atomic mass is 16.8. The number of aliphatic hydroxyl groups is 2. The van der Waals surface area contributed by atoms with Crippen molar-refractivity contribution in [2.75, 3.05) is 52.9 Å². The van der Waals surface area contributed by atoms with Gasteiger partial charge >= 0.3 is 5.97 Å². The summed E-state index contributed by atoms with van der Waals surface area (Å²) >= 11 is 0. The first-order chi connectivity index (χ1) is 24.1. The maximum absolute atomic E-state index is 14.7. The molecule has 0 spiro atoms. The summed E-state index contributed by atoms with van der Waals surface area (Å²) in [6.07, 6.45) is -1.18. The van der Waals surface area contributed by atoms with Crippen LogP contribution in [0.4, 0.5) is 0 Å². The minimum absolute atomic E-state index is 0.135. The molecule has 4 amide bonds. The molecule has 5 aliphatic rings. The van der Waals surface area contributed by atoms with Crippen molar-refractivity contribution in [1.82, 2.24) is 24.5 Å². The number of hydrogen-bond donors (Lipinski definition) is 2. The quantitative estimate of drug-likeness (QED) is 0.279. The number of carbonyl (C=O) groups is 4. The highest BCUT2D eigenvalue weighted by Gasteiger charge is 2.52. The van der Waals surface area contributed by atoms with E-state index < -0.39 is 54.8 Å². The zero-order chi connectivity index (χ0) is 37.0.